The van der Waals surface area contributed by atoms with Crippen LogP contribution in [0.4, 0.5) is 18.0 Å². The summed E-state index contributed by atoms with van der Waals surface area (Å²) in [6, 6.07) is 1.01. The van der Waals surface area contributed by atoms with Gasteiger partial charge in [0.2, 0.25) is 5.91 Å². The van der Waals surface area contributed by atoms with Gasteiger partial charge in [0.25, 0.3) is 0 Å². The number of ether oxygens (including phenoxy) is 2. The van der Waals surface area contributed by atoms with Crippen molar-refractivity contribution in [1.82, 2.24) is 4.90 Å². The number of amides is 2. The maximum absolute atomic E-state index is 14.0. The first kappa shape index (κ1) is 20.7. The average molecular weight is 387 g/mol. The van der Waals surface area contributed by atoms with E-state index in [0.717, 1.165) is 11.3 Å². The third-order valence-electron chi connectivity index (χ3n) is 4.11. The van der Waals surface area contributed by atoms with Gasteiger partial charge < -0.3 is 9.47 Å². The van der Waals surface area contributed by atoms with Crippen molar-refractivity contribution in [2.75, 3.05) is 19.8 Å². The number of nitrogens with zero attached hydrogens (tertiary/aromatic N) is 1. The van der Waals surface area contributed by atoms with Gasteiger partial charge in [-0.2, -0.15) is 0 Å². The Kier molecular flexibility index (Phi) is 7.20. The van der Waals surface area contributed by atoms with Crippen molar-refractivity contribution >= 4 is 18.0 Å². The predicted octanol–water partition coefficient (Wildman–Crippen LogP) is 2.97. The molecule has 0 spiro atoms. The van der Waals surface area contributed by atoms with Crippen LogP contribution < -0.4 is 0 Å². The molecule has 0 bridgehead atoms. The van der Waals surface area contributed by atoms with Crippen LogP contribution in [0.15, 0.2) is 12.1 Å². The normalized spacial score (nSPS) is 14.8. The molecule has 148 valence electrons. The molecule has 1 aromatic carbocycles. The van der Waals surface area contributed by atoms with Crippen molar-refractivity contribution in [2.45, 2.75) is 32.6 Å². The van der Waals surface area contributed by atoms with Gasteiger partial charge in [-0.3, -0.25) is 9.59 Å². The minimum absolute atomic E-state index is 0.000684. The Morgan fingerprint density at radius 2 is 1.93 bits per heavy atom. The molecule has 0 aromatic heterocycles. The van der Waals surface area contributed by atoms with Gasteiger partial charge >= 0.3 is 12.1 Å². The highest BCUT2D eigenvalue weighted by Gasteiger charge is 2.35. The molecule has 0 saturated carbocycles. The first-order valence-electron chi connectivity index (χ1n) is 8.60. The fourth-order valence-electron chi connectivity index (χ4n) is 2.64. The molecule has 1 fully saturated rings. The summed E-state index contributed by atoms with van der Waals surface area (Å²) in [4.78, 5) is 37.0. The highest BCUT2D eigenvalue weighted by Crippen LogP contribution is 2.22. The van der Waals surface area contributed by atoms with Crippen LogP contribution in [0.2, 0.25) is 0 Å². The number of rotatable bonds is 8. The lowest BCUT2D eigenvalue weighted by Gasteiger charge is -2.20. The van der Waals surface area contributed by atoms with Crippen molar-refractivity contribution in [1.29, 1.82) is 0 Å². The Balaban J connectivity index is 2.18. The molecule has 1 aliphatic heterocycles. The molecule has 1 saturated heterocycles. The van der Waals surface area contributed by atoms with E-state index in [0.29, 0.717) is 18.6 Å². The molecule has 2 amide bonds. The zero-order valence-corrected chi connectivity index (χ0v) is 14.8. The van der Waals surface area contributed by atoms with E-state index in [4.69, 9.17) is 9.47 Å². The fraction of sp³-hybridized carbons (Fsp3) is 0.500. The highest BCUT2D eigenvalue weighted by atomic mass is 19.2. The Bertz CT molecular complexity index is 725. The molecule has 9 heteroatoms. The maximum atomic E-state index is 14.0. The molecule has 1 aromatic rings. The summed E-state index contributed by atoms with van der Waals surface area (Å²) in [5, 5.41) is 0. The third kappa shape index (κ3) is 5.45. The van der Waals surface area contributed by atoms with Gasteiger partial charge in [-0.25, -0.2) is 22.9 Å². The summed E-state index contributed by atoms with van der Waals surface area (Å²) in [5.41, 5.74) is -0.277. The Labute approximate surface area is 154 Å². The van der Waals surface area contributed by atoms with E-state index in [1.807, 2.05) is 6.92 Å². The van der Waals surface area contributed by atoms with Gasteiger partial charge in [0.15, 0.2) is 11.6 Å². The van der Waals surface area contributed by atoms with Crippen LogP contribution in [0.5, 0.6) is 0 Å². The van der Waals surface area contributed by atoms with E-state index in [1.165, 1.54) is 0 Å². The first-order valence-corrected chi connectivity index (χ1v) is 8.60. The monoisotopic (exact) mass is 387 g/mol. The number of benzene rings is 1. The Hall–Kier alpha value is -2.58. The van der Waals surface area contributed by atoms with E-state index in [-0.39, 0.29) is 25.3 Å². The lowest BCUT2D eigenvalue weighted by molar-refractivity contribution is -0.148. The van der Waals surface area contributed by atoms with Crippen molar-refractivity contribution < 1.29 is 37.0 Å². The largest absolute Gasteiger partial charge is 0.466 e. The zero-order chi connectivity index (χ0) is 20.0. The number of imide groups is 1. The molecule has 1 atom stereocenters. The standard InChI is InChI=1S/C18H20F3NO5/c1-2-3-5-26-16(23)9-12(17(24)22-4-6-27-18(22)25)7-11-8-14(20)15(21)10-13(11)19/h8,10,12H,2-7,9H2,1H3. The molecule has 27 heavy (non-hydrogen) atoms. The van der Waals surface area contributed by atoms with E-state index in [2.05, 4.69) is 0 Å². The SMILES string of the molecule is CCCCOC(=O)CC(Cc1cc(F)c(F)cc1F)C(=O)N1CCOC1=O. The van der Waals surface area contributed by atoms with Crippen LogP contribution in [-0.4, -0.2) is 42.6 Å². The Morgan fingerprint density at radius 1 is 1.22 bits per heavy atom. The molecular weight excluding hydrogens is 367 g/mol. The summed E-state index contributed by atoms with van der Waals surface area (Å²) in [6.07, 6.45) is -0.245. The van der Waals surface area contributed by atoms with Crippen LogP contribution in [0, 0.1) is 23.4 Å². The Morgan fingerprint density at radius 3 is 2.56 bits per heavy atom. The predicted molar refractivity (Wildman–Crippen MR) is 87.1 cm³/mol. The number of carbonyl (C=O) groups is 3. The number of cyclic esters (lactones) is 1. The summed E-state index contributed by atoms with van der Waals surface area (Å²) in [5.74, 6) is -6.31. The lowest BCUT2D eigenvalue weighted by atomic mass is 9.94. The van der Waals surface area contributed by atoms with Gasteiger partial charge in [-0.1, -0.05) is 13.3 Å². The molecule has 0 N–H and O–H groups in total. The van der Waals surface area contributed by atoms with Gasteiger partial charge in [-0.05, 0) is 24.5 Å². The number of hydrogen-bond acceptors (Lipinski definition) is 5. The van der Waals surface area contributed by atoms with Crippen LogP contribution in [0.3, 0.4) is 0 Å². The van der Waals surface area contributed by atoms with Crippen LogP contribution >= 0.6 is 0 Å². The summed E-state index contributed by atoms with van der Waals surface area (Å²) in [6.45, 7) is 2.09. The van der Waals surface area contributed by atoms with Crippen molar-refractivity contribution in [3.63, 3.8) is 0 Å². The number of esters is 1. The van der Waals surface area contributed by atoms with E-state index >= 15 is 0 Å². The third-order valence-corrected chi connectivity index (χ3v) is 4.11. The number of hydrogen-bond donors (Lipinski definition) is 0. The van der Waals surface area contributed by atoms with Crippen LogP contribution in [0.25, 0.3) is 0 Å². The smallest absolute Gasteiger partial charge is 0.416 e. The second-order valence-corrected chi connectivity index (χ2v) is 6.14. The number of halogens is 3. The molecule has 1 aliphatic rings. The van der Waals surface area contributed by atoms with Crippen LogP contribution in [0.1, 0.15) is 31.7 Å². The molecule has 0 aliphatic carbocycles. The minimum Gasteiger partial charge on any atom is -0.466 e. The maximum Gasteiger partial charge on any atom is 0.416 e. The van der Waals surface area contributed by atoms with Crippen molar-refractivity contribution in [3.05, 3.63) is 35.1 Å². The van der Waals surface area contributed by atoms with Gasteiger partial charge in [0.05, 0.1) is 25.5 Å². The van der Waals surface area contributed by atoms with Crippen molar-refractivity contribution in [3.8, 4) is 0 Å². The second-order valence-electron chi connectivity index (χ2n) is 6.14. The lowest BCUT2D eigenvalue weighted by Crippen LogP contribution is -2.38. The number of carbonyl (C=O) groups excluding carboxylic acids is 3. The van der Waals surface area contributed by atoms with Gasteiger partial charge in [0.1, 0.15) is 12.4 Å². The first-order chi connectivity index (χ1) is 12.8. The zero-order valence-electron chi connectivity index (χ0n) is 14.8. The summed E-state index contributed by atoms with van der Waals surface area (Å²) in [7, 11) is 0. The van der Waals surface area contributed by atoms with Gasteiger partial charge in [0, 0.05) is 6.07 Å². The summed E-state index contributed by atoms with van der Waals surface area (Å²) >= 11 is 0. The van der Waals surface area contributed by atoms with E-state index < -0.39 is 54.2 Å². The number of unbranched alkanes of at least 4 members (excludes halogenated alkanes) is 1. The van der Waals surface area contributed by atoms with Crippen molar-refractivity contribution in [2.24, 2.45) is 5.92 Å². The molecule has 1 heterocycles. The fourth-order valence-corrected chi connectivity index (χ4v) is 2.64. The molecular formula is C18H20F3NO5. The topological polar surface area (TPSA) is 72.9 Å². The second kappa shape index (κ2) is 9.38. The highest BCUT2D eigenvalue weighted by molar-refractivity contribution is 5.95. The minimum atomic E-state index is -1.36. The summed E-state index contributed by atoms with van der Waals surface area (Å²) < 4.78 is 50.2. The van der Waals surface area contributed by atoms with E-state index in [1.54, 1.807) is 0 Å². The molecule has 2 rings (SSSR count). The molecule has 0 radical (unpaired) electrons. The van der Waals surface area contributed by atoms with E-state index in [9.17, 15) is 27.6 Å². The van der Waals surface area contributed by atoms with Crippen LogP contribution in [-0.2, 0) is 25.5 Å². The molecule has 6 nitrogen and oxygen atoms in total. The quantitative estimate of drug-likeness (QED) is 0.390. The molecule has 1 unspecified atom stereocenters. The van der Waals surface area contributed by atoms with Gasteiger partial charge in [-0.15, -0.1) is 0 Å². The average Bonchev–Trinajstić information content (AvgIpc) is 3.04.